The first-order valence-corrected chi connectivity index (χ1v) is 11.1. The summed E-state index contributed by atoms with van der Waals surface area (Å²) in [5.74, 6) is -0.0806. The lowest BCUT2D eigenvalue weighted by Crippen LogP contribution is -2.50. The Bertz CT molecular complexity index is 1300. The molecule has 11 heteroatoms. The second kappa shape index (κ2) is 6.99. The van der Waals surface area contributed by atoms with Crippen molar-refractivity contribution >= 4 is 33.0 Å². The molecule has 0 spiro atoms. The summed E-state index contributed by atoms with van der Waals surface area (Å²) in [6, 6.07) is 4.48. The van der Waals surface area contributed by atoms with Gasteiger partial charge in [0.05, 0.1) is 0 Å². The highest BCUT2D eigenvalue weighted by Crippen LogP contribution is 2.37. The van der Waals surface area contributed by atoms with Crippen LogP contribution in [0.25, 0.3) is 5.65 Å². The molecule has 0 amide bonds. The van der Waals surface area contributed by atoms with E-state index >= 15 is 0 Å². The molecule has 0 aliphatic carbocycles. The van der Waals surface area contributed by atoms with E-state index in [-0.39, 0.29) is 17.9 Å². The molecule has 3 N–H and O–H groups in total. The van der Waals surface area contributed by atoms with Crippen molar-refractivity contribution in [3.05, 3.63) is 54.4 Å². The predicted molar refractivity (Wildman–Crippen MR) is 117 cm³/mol. The normalized spacial score (nSPS) is 23.3. The summed E-state index contributed by atoms with van der Waals surface area (Å²) in [6.07, 6.45) is 6.84. The molecule has 2 aromatic heterocycles. The zero-order valence-corrected chi connectivity index (χ0v) is 18.5. The average molecular weight is 446 g/mol. The van der Waals surface area contributed by atoms with Crippen LogP contribution in [0.15, 0.2) is 48.0 Å². The molecular formula is C20H24FN7O2S. The number of aromatic nitrogens is 3. The first kappa shape index (κ1) is 21.2. The lowest BCUT2D eigenvalue weighted by Gasteiger charge is -2.29. The number of imidazole rings is 1. The third-order valence-electron chi connectivity index (χ3n) is 5.69. The van der Waals surface area contributed by atoms with Gasteiger partial charge in [-0.3, -0.25) is 4.99 Å². The Morgan fingerprint density at radius 2 is 1.84 bits per heavy atom. The van der Waals surface area contributed by atoms with Gasteiger partial charge in [0.15, 0.2) is 11.5 Å². The number of likely N-dealkylation sites (N-methyl/N-ethyl adjacent to an activating group) is 1. The van der Waals surface area contributed by atoms with E-state index < -0.39 is 26.1 Å². The van der Waals surface area contributed by atoms with Crippen LogP contribution in [-0.2, 0) is 15.6 Å². The first-order chi connectivity index (χ1) is 14.5. The lowest BCUT2D eigenvalue weighted by atomic mass is 9.91. The number of hydrogen-bond donors (Lipinski definition) is 2. The molecule has 0 radical (unpaired) electrons. The maximum absolute atomic E-state index is 15.0. The molecule has 31 heavy (non-hydrogen) atoms. The smallest absolute Gasteiger partial charge is 0.226 e. The van der Waals surface area contributed by atoms with Gasteiger partial charge in [-0.25, -0.2) is 27.1 Å². The second-order valence-electron chi connectivity index (χ2n) is 8.30. The Hall–Kier alpha value is -3.05. The van der Waals surface area contributed by atoms with Crippen LogP contribution < -0.4 is 11.1 Å². The minimum Gasteiger partial charge on any atom is -0.386 e. The quantitative estimate of drug-likeness (QED) is 0.638. The molecule has 3 heterocycles. The van der Waals surface area contributed by atoms with Gasteiger partial charge in [0, 0.05) is 49.6 Å². The van der Waals surface area contributed by atoms with Gasteiger partial charge < -0.3 is 15.5 Å². The van der Waals surface area contributed by atoms with E-state index in [1.807, 2.05) is 0 Å². The number of rotatable bonds is 3. The SMILES string of the molecule is CN1C[C@@](C)(c2cc(Nc3nccn4ccnc34)ccc2F)N=C(N)C(C)(C)S1(=O)=O. The number of amidine groups is 1. The molecule has 1 aliphatic rings. The summed E-state index contributed by atoms with van der Waals surface area (Å²) in [7, 11) is -2.32. The number of benzene rings is 1. The monoisotopic (exact) mass is 445 g/mol. The molecule has 1 atom stereocenters. The van der Waals surface area contributed by atoms with Crippen LogP contribution >= 0.6 is 0 Å². The zero-order chi connectivity index (χ0) is 22.6. The van der Waals surface area contributed by atoms with Crippen LogP contribution in [0.5, 0.6) is 0 Å². The van der Waals surface area contributed by atoms with Crippen LogP contribution in [0.3, 0.4) is 0 Å². The predicted octanol–water partition coefficient (Wildman–Crippen LogP) is 2.24. The van der Waals surface area contributed by atoms with Crippen LogP contribution in [0.1, 0.15) is 26.3 Å². The molecule has 0 bridgehead atoms. The Morgan fingerprint density at radius 3 is 2.55 bits per heavy atom. The van der Waals surface area contributed by atoms with Crippen LogP contribution in [0.4, 0.5) is 15.9 Å². The summed E-state index contributed by atoms with van der Waals surface area (Å²) >= 11 is 0. The number of aliphatic imine (C=N–C) groups is 1. The Labute approximate surface area is 179 Å². The minimum atomic E-state index is -3.78. The van der Waals surface area contributed by atoms with Crippen LogP contribution in [0, 0.1) is 5.82 Å². The average Bonchev–Trinajstić information content (AvgIpc) is 3.17. The third-order valence-corrected chi connectivity index (χ3v) is 8.14. The van der Waals surface area contributed by atoms with Gasteiger partial charge in [-0.2, -0.15) is 0 Å². The lowest BCUT2D eigenvalue weighted by molar-refractivity contribution is 0.355. The number of sulfonamides is 1. The molecule has 4 rings (SSSR count). The van der Waals surface area contributed by atoms with Crippen molar-refractivity contribution in [3.63, 3.8) is 0 Å². The fourth-order valence-electron chi connectivity index (χ4n) is 3.72. The zero-order valence-electron chi connectivity index (χ0n) is 17.7. The largest absolute Gasteiger partial charge is 0.386 e. The number of anilines is 2. The molecule has 9 nitrogen and oxygen atoms in total. The van der Waals surface area contributed by atoms with Gasteiger partial charge in [0.2, 0.25) is 10.0 Å². The Balaban J connectivity index is 1.79. The molecule has 0 unspecified atom stereocenters. The van der Waals surface area contributed by atoms with Crippen LogP contribution in [0.2, 0.25) is 0 Å². The number of nitrogens with one attached hydrogen (secondary N) is 1. The van der Waals surface area contributed by atoms with Gasteiger partial charge >= 0.3 is 0 Å². The topological polar surface area (TPSA) is 118 Å². The molecule has 0 fully saturated rings. The Morgan fingerprint density at radius 1 is 1.16 bits per heavy atom. The van der Waals surface area contributed by atoms with Gasteiger partial charge in [-0.1, -0.05) is 0 Å². The van der Waals surface area contributed by atoms with Crippen molar-refractivity contribution in [2.75, 3.05) is 18.9 Å². The van der Waals surface area contributed by atoms with E-state index in [4.69, 9.17) is 5.73 Å². The third kappa shape index (κ3) is 3.33. The number of halogens is 1. The number of fused-ring (bicyclic) bond motifs is 1. The van der Waals surface area contributed by atoms with E-state index in [0.717, 1.165) is 0 Å². The Kier molecular flexibility index (Phi) is 4.78. The summed E-state index contributed by atoms with van der Waals surface area (Å²) in [6.45, 7) is 4.60. The van der Waals surface area contributed by atoms with Crippen molar-refractivity contribution in [1.29, 1.82) is 0 Å². The molecule has 1 aromatic carbocycles. The van der Waals surface area contributed by atoms with E-state index in [9.17, 15) is 12.8 Å². The molecular weight excluding hydrogens is 421 g/mol. The molecule has 1 aliphatic heterocycles. The second-order valence-corrected chi connectivity index (χ2v) is 10.9. The highest BCUT2D eigenvalue weighted by Gasteiger charge is 2.48. The number of nitrogens with zero attached hydrogens (tertiary/aromatic N) is 5. The molecule has 164 valence electrons. The summed E-state index contributed by atoms with van der Waals surface area (Å²) in [4.78, 5) is 13.1. The van der Waals surface area contributed by atoms with Gasteiger partial charge in [-0.15, -0.1) is 0 Å². The fourth-order valence-corrected chi connectivity index (χ4v) is 5.23. The maximum Gasteiger partial charge on any atom is 0.226 e. The van der Waals surface area contributed by atoms with Crippen molar-refractivity contribution in [1.82, 2.24) is 18.7 Å². The van der Waals surface area contributed by atoms with Gasteiger partial charge in [-0.05, 0) is 39.0 Å². The van der Waals surface area contributed by atoms with Crippen molar-refractivity contribution in [2.24, 2.45) is 10.7 Å². The maximum atomic E-state index is 15.0. The molecule has 0 saturated carbocycles. The van der Waals surface area contributed by atoms with Crippen molar-refractivity contribution in [3.8, 4) is 0 Å². The van der Waals surface area contributed by atoms with E-state index in [1.54, 1.807) is 48.2 Å². The van der Waals surface area contributed by atoms with Crippen molar-refractivity contribution in [2.45, 2.75) is 31.1 Å². The van der Waals surface area contributed by atoms with Gasteiger partial charge in [0.1, 0.15) is 21.9 Å². The standard InChI is InChI=1S/C20H24FN7O2S/c1-19(2)18(22)26-20(3,12-27(4)31(19,29)30)14-11-13(5-6-15(14)21)25-16-17-24-8-10-28(17)9-7-23-16/h5-11H,12H2,1-4H3,(H2,22,26)(H,23,25)/t20-/m0/s1. The van der Waals surface area contributed by atoms with Crippen molar-refractivity contribution < 1.29 is 12.8 Å². The number of nitrogens with two attached hydrogens (primary N) is 1. The summed E-state index contributed by atoms with van der Waals surface area (Å²) < 4.78 is 42.4. The number of hydrogen-bond acceptors (Lipinski definition) is 7. The van der Waals surface area contributed by atoms with E-state index in [2.05, 4.69) is 20.3 Å². The van der Waals surface area contributed by atoms with E-state index in [1.165, 1.54) is 31.3 Å². The summed E-state index contributed by atoms with van der Waals surface area (Å²) in [5, 5.41) is 3.15. The highest BCUT2D eigenvalue weighted by molar-refractivity contribution is 7.91. The van der Waals surface area contributed by atoms with Crippen LogP contribution in [-0.4, -0.2) is 51.3 Å². The first-order valence-electron chi connectivity index (χ1n) is 9.62. The fraction of sp³-hybridized carbons (Fsp3) is 0.350. The molecule has 3 aromatic rings. The highest BCUT2D eigenvalue weighted by atomic mass is 32.2. The van der Waals surface area contributed by atoms with E-state index in [0.29, 0.717) is 17.2 Å². The summed E-state index contributed by atoms with van der Waals surface area (Å²) in [5.41, 5.74) is 6.27. The van der Waals surface area contributed by atoms with Gasteiger partial charge in [0.25, 0.3) is 0 Å². The minimum absolute atomic E-state index is 0.0616. The molecule has 0 saturated heterocycles.